The molecule has 0 bridgehead atoms. The molecular formula is C22H31N5O2. The molecule has 2 heterocycles. The summed E-state index contributed by atoms with van der Waals surface area (Å²) in [6, 6.07) is 3.81. The average molecular weight is 398 g/mol. The van der Waals surface area contributed by atoms with Crippen molar-refractivity contribution < 1.29 is 9.59 Å². The van der Waals surface area contributed by atoms with Crippen molar-refractivity contribution in [2.75, 3.05) is 19.6 Å². The second kappa shape index (κ2) is 11.8. The molecule has 7 heteroatoms. The number of aromatic nitrogens is 2. The molecule has 2 aromatic rings. The van der Waals surface area contributed by atoms with Crippen LogP contribution in [0.15, 0.2) is 54.5 Å². The van der Waals surface area contributed by atoms with Crippen molar-refractivity contribution >= 4 is 17.5 Å². The molecule has 1 unspecified atom stereocenters. The number of nitrogens with zero attached hydrogens (tertiary/aromatic N) is 2. The second-order valence-electron chi connectivity index (χ2n) is 7.09. The van der Waals surface area contributed by atoms with E-state index in [1.54, 1.807) is 6.20 Å². The van der Waals surface area contributed by atoms with E-state index in [4.69, 9.17) is 0 Å². The summed E-state index contributed by atoms with van der Waals surface area (Å²) in [5.41, 5.74) is 3.11. The molecule has 2 rings (SSSR count). The van der Waals surface area contributed by atoms with Gasteiger partial charge in [-0.15, -0.1) is 0 Å². The van der Waals surface area contributed by atoms with E-state index in [2.05, 4.69) is 40.0 Å². The number of nitrogens with one attached hydrogen (secondary N) is 3. The standard InChI is InChI=1S/C22H31N5O2/c1-4-6-18(5-2)11-17(3)12-23-14-21(28)26-15-22(29)25-13-19-7-8-20-24-9-10-27(20)16-19/h4-10,16-17,23H,11-15H2,1-3H3,(H,25,29)(H,26,28)/b6-4-,18-5+. The van der Waals surface area contributed by atoms with Gasteiger partial charge in [-0.2, -0.15) is 0 Å². The van der Waals surface area contributed by atoms with Gasteiger partial charge in [0.25, 0.3) is 0 Å². The summed E-state index contributed by atoms with van der Waals surface area (Å²) in [5.74, 6) is 0.00903. The van der Waals surface area contributed by atoms with Crippen LogP contribution in [-0.4, -0.2) is 40.8 Å². The molecule has 0 saturated heterocycles. The number of rotatable bonds is 11. The van der Waals surface area contributed by atoms with E-state index in [-0.39, 0.29) is 24.9 Å². The Balaban J connectivity index is 1.61. The number of carbonyl (C=O) groups is 2. The smallest absolute Gasteiger partial charge is 0.239 e. The predicted molar refractivity (Wildman–Crippen MR) is 115 cm³/mol. The minimum absolute atomic E-state index is 0.0343. The fourth-order valence-electron chi connectivity index (χ4n) is 2.98. The van der Waals surface area contributed by atoms with E-state index in [1.165, 1.54) is 5.57 Å². The van der Waals surface area contributed by atoms with E-state index < -0.39 is 0 Å². The lowest BCUT2D eigenvalue weighted by atomic mass is 10.0. The Bertz CT molecular complexity index is 869. The number of imidazole rings is 1. The van der Waals surface area contributed by atoms with Gasteiger partial charge in [-0.1, -0.05) is 36.8 Å². The third-order valence-corrected chi connectivity index (χ3v) is 4.50. The highest BCUT2D eigenvalue weighted by molar-refractivity contribution is 5.85. The van der Waals surface area contributed by atoms with E-state index >= 15 is 0 Å². The zero-order chi connectivity index (χ0) is 21.1. The largest absolute Gasteiger partial charge is 0.350 e. The fourth-order valence-corrected chi connectivity index (χ4v) is 2.98. The number of amides is 2. The molecule has 0 aromatic carbocycles. The lowest BCUT2D eigenvalue weighted by molar-refractivity contribution is -0.125. The fraction of sp³-hybridized carbons (Fsp3) is 0.409. The Kier molecular flexibility index (Phi) is 9.11. The number of allylic oxidation sites excluding steroid dienone is 4. The van der Waals surface area contributed by atoms with E-state index in [0.29, 0.717) is 12.5 Å². The highest BCUT2D eigenvalue weighted by Gasteiger charge is 2.08. The van der Waals surface area contributed by atoms with E-state index in [1.807, 2.05) is 48.9 Å². The first-order chi connectivity index (χ1) is 14.0. The van der Waals surface area contributed by atoms with Gasteiger partial charge in [-0.3, -0.25) is 9.59 Å². The van der Waals surface area contributed by atoms with Crippen molar-refractivity contribution in [2.24, 2.45) is 5.92 Å². The Labute approximate surface area is 172 Å². The summed E-state index contributed by atoms with van der Waals surface area (Å²) in [5, 5.41) is 8.59. The quantitative estimate of drug-likeness (QED) is 0.507. The normalized spacial score (nSPS) is 13.0. The average Bonchev–Trinajstić information content (AvgIpc) is 3.18. The predicted octanol–water partition coefficient (Wildman–Crippen LogP) is 2.20. The first-order valence-corrected chi connectivity index (χ1v) is 9.95. The lowest BCUT2D eigenvalue weighted by Gasteiger charge is -2.13. The van der Waals surface area contributed by atoms with Crippen LogP contribution in [0.2, 0.25) is 0 Å². The summed E-state index contributed by atoms with van der Waals surface area (Å²) < 4.78 is 1.90. The van der Waals surface area contributed by atoms with Crippen LogP contribution < -0.4 is 16.0 Å². The SMILES string of the molecule is C/C=C\C(=C/C)CC(C)CNCC(=O)NCC(=O)NCc1ccc2nccn2c1. The highest BCUT2D eigenvalue weighted by Crippen LogP contribution is 2.11. The topological polar surface area (TPSA) is 87.5 Å². The van der Waals surface area contributed by atoms with Gasteiger partial charge in [0.05, 0.1) is 13.1 Å². The van der Waals surface area contributed by atoms with Crippen LogP contribution in [0.25, 0.3) is 5.65 Å². The molecule has 29 heavy (non-hydrogen) atoms. The zero-order valence-electron chi connectivity index (χ0n) is 17.4. The molecular weight excluding hydrogens is 366 g/mol. The van der Waals surface area contributed by atoms with Crippen LogP contribution in [0.4, 0.5) is 0 Å². The van der Waals surface area contributed by atoms with Gasteiger partial charge in [0.15, 0.2) is 0 Å². The van der Waals surface area contributed by atoms with Crippen molar-refractivity contribution in [3.63, 3.8) is 0 Å². The van der Waals surface area contributed by atoms with Crippen LogP contribution in [0.3, 0.4) is 0 Å². The van der Waals surface area contributed by atoms with Crippen molar-refractivity contribution in [1.29, 1.82) is 0 Å². The van der Waals surface area contributed by atoms with Gasteiger partial charge in [-0.25, -0.2) is 4.98 Å². The molecule has 0 fully saturated rings. The number of hydrogen-bond donors (Lipinski definition) is 3. The maximum absolute atomic E-state index is 12.0. The molecule has 1 atom stereocenters. The molecule has 0 aliphatic rings. The van der Waals surface area contributed by atoms with Crippen molar-refractivity contribution in [2.45, 2.75) is 33.7 Å². The van der Waals surface area contributed by atoms with Crippen LogP contribution >= 0.6 is 0 Å². The molecule has 7 nitrogen and oxygen atoms in total. The molecule has 0 spiro atoms. The minimum atomic E-state index is -0.221. The summed E-state index contributed by atoms with van der Waals surface area (Å²) in [6.07, 6.45) is 12.7. The molecule has 0 aliphatic heterocycles. The highest BCUT2D eigenvalue weighted by atomic mass is 16.2. The maximum Gasteiger partial charge on any atom is 0.239 e. The van der Waals surface area contributed by atoms with Crippen molar-refractivity contribution in [3.8, 4) is 0 Å². The summed E-state index contributed by atoms with van der Waals surface area (Å²) >= 11 is 0. The molecule has 3 N–H and O–H groups in total. The molecule has 0 saturated carbocycles. The molecule has 2 aromatic heterocycles. The van der Waals surface area contributed by atoms with Gasteiger partial charge >= 0.3 is 0 Å². The van der Waals surface area contributed by atoms with E-state index in [0.717, 1.165) is 24.2 Å². The van der Waals surface area contributed by atoms with Crippen molar-refractivity contribution in [1.82, 2.24) is 25.3 Å². The first kappa shape index (κ1) is 22.4. The second-order valence-corrected chi connectivity index (χ2v) is 7.09. The van der Waals surface area contributed by atoms with Crippen LogP contribution in [0.5, 0.6) is 0 Å². The Morgan fingerprint density at radius 1 is 1.17 bits per heavy atom. The van der Waals surface area contributed by atoms with E-state index in [9.17, 15) is 9.59 Å². The lowest BCUT2D eigenvalue weighted by Crippen LogP contribution is -2.41. The maximum atomic E-state index is 12.0. The van der Waals surface area contributed by atoms with Crippen LogP contribution in [-0.2, 0) is 16.1 Å². The number of hydrogen-bond acceptors (Lipinski definition) is 4. The summed E-state index contributed by atoms with van der Waals surface area (Å²) in [4.78, 5) is 28.1. The zero-order valence-corrected chi connectivity index (χ0v) is 17.4. The Hall–Kier alpha value is -2.93. The Morgan fingerprint density at radius 2 is 1.97 bits per heavy atom. The van der Waals surface area contributed by atoms with Crippen LogP contribution in [0, 0.1) is 5.92 Å². The first-order valence-electron chi connectivity index (χ1n) is 9.95. The molecule has 0 aliphatic carbocycles. The molecule has 156 valence electrons. The summed E-state index contributed by atoms with van der Waals surface area (Å²) in [7, 11) is 0. The third-order valence-electron chi connectivity index (χ3n) is 4.50. The minimum Gasteiger partial charge on any atom is -0.350 e. The number of fused-ring (bicyclic) bond motifs is 1. The Morgan fingerprint density at radius 3 is 2.72 bits per heavy atom. The van der Waals surface area contributed by atoms with Gasteiger partial charge in [0, 0.05) is 25.1 Å². The number of carbonyl (C=O) groups excluding carboxylic acids is 2. The van der Waals surface area contributed by atoms with Crippen LogP contribution in [0.1, 0.15) is 32.8 Å². The van der Waals surface area contributed by atoms with Crippen molar-refractivity contribution in [3.05, 3.63) is 60.1 Å². The summed E-state index contributed by atoms with van der Waals surface area (Å²) in [6.45, 7) is 7.49. The monoisotopic (exact) mass is 397 g/mol. The molecule has 0 radical (unpaired) electrons. The van der Waals surface area contributed by atoms with Gasteiger partial charge in [0.1, 0.15) is 5.65 Å². The van der Waals surface area contributed by atoms with Gasteiger partial charge in [-0.05, 0) is 44.4 Å². The molecule has 2 amide bonds. The third kappa shape index (κ3) is 7.91. The number of pyridine rings is 1. The van der Waals surface area contributed by atoms with Gasteiger partial charge < -0.3 is 20.4 Å². The van der Waals surface area contributed by atoms with Gasteiger partial charge in [0.2, 0.25) is 11.8 Å².